The Balaban J connectivity index is 1.56. The lowest BCUT2D eigenvalue weighted by Crippen LogP contribution is -2.60. The van der Waals surface area contributed by atoms with Gasteiger partial charge in [0.2, 0.25) is 0 Å². The maximum absolute atomic E-state index is 13.8. The van der Waals surface area contributed by atoms with Gasteiger partial charge in [-0.05, 0) is 62.1 Å². The maximum atomic E-state index is 13.8. The van der Waals surface area contributed by atoms with Crippen molar-refractivity contribution in [3.05, 3.63) is 88.6 Å². The van der Waals surface area contributed by atoms with Crippen molar-refractivity contribution in [1.82, 2.24) is 20.0 Å². The molecule has 3 aromatic rings. The summed E-state index contributed by atoms with van der Waals surface area (Å²) in [5.74, 6) is -2.49. The summed E-state index contributed by atoms with van der Waals surface area (Å²) in [5, 5.41) is 16.6. The Labute approximate surface area is 241 Å². The zero-order valence-electron chi connectivity index (χ0n) is 22.8. The Kier molecular flexibility index (Phi) is 7.45. The van der Waals surface area contributed by atoms with Gasteiger partial charge in [-0.15, -0.1) is 0 Å². The van der Waals surface area contributed by atoms with Crippen molar-refractivity contribution in [2.75, 3.05) is 11.9 Å². The summed E-state index contributed by atoms with van der Waals surface area (Å²) in [7, 11) is 0. The molecule has 0 radical (unpaired) electrons. The van der Waals surface area contributed by atoms with E-state index < -0.39 is 63.6 Å². The number of fused-ring (bicyclic) bond motifs is 1. The molecule has 1 saturated heterocycles. The van der Waals surface area contributed by atoms with Gasteiger partial charge in [0.05, 0.1) is 29.0 Å². The van der Waals surface area contributed by atoms with Gasteiger partial charge in [-0.3, -0.25) is 14.6 Å². The Bertz CT molecular complexity index is 1640. The average Bonchev–Trinajstić information content (AvgIpc) is 3.34. The van der Waals surface area contributed by atoms with Gasteiger partial charge < -0.3 is 10.4 Å². The van der Waals surface area contributed by atoms with Crippen LogP contribution in [0.5, 0.6) is 0 Å². The summed E-state index contributed by atoms with van der Waals surface area (Å²) >= 11 is 0. The van der Waals surface area contributed by atoms with Gasteiger partial charge in [-0.2, -0.15) is 26.3 Å². The van der Waals surface area contributed by atoms with E-state index in [0.717, 1.165) is 17.2 Å². The first-order valence-electron chi connectivity index (χ1n) is 13.1. The van der Waals surface area contributed by atoms with Crippen LogP contribution in [0.3, 0.4) is 0 Å². The molecule has 2 aliphatic rings. The number of halogens is 6. The summed E-state index contributed by atoms with van der Waals surface area (Å²) in [5.41, 5.74) is -4.09. The fourth-order valence-corrected chi connectivity index (χ4v) is 5.38. The summed E-state index contributed by atoms with van der Waals surface area (Å²) in [6.45, 7) is 4.03. The van der Waals surface area contributed by atoms with Crippen molar-refractivity contribution in [2.45, 2.75) is 51.1 Å². The number of hydrazine groups is 1. The Hall–Kier alpha value is -4.46. The van der Waals surface area contributed by atoms with E-state index in [-0.39, 0.29) is 12.2 Å². The van der Waals surface area contributed by atoms with Crippen LogP contribution in [0, 0.1) is 6.92 Å². The predicted molar refractivity (Wildman–Crippen MR) is 142 cm³/mol. The van der Waals surface area contributed by atoms with Gasteiger partial charge >= 0.3 is 12.4 Å². The fourth-order valence-electron chi connectivity index (χ4n) is 5.38. The SMILES string of the molecule is Cc1ccccc1CN1C(=O)C(C(=O)Nc2ccc(C(F)(F)F)cc2-c2cc(C(F)(F)F)ncn2)=C(O)[C@@]2(C)CCCN12. The lowest BCUT2D eigenvalue weighted by Gasteiger charge is -2.46. The van der Waals surface area contributed by atoms with Gasteiger partial charge in [-0.1, -0.05) is 24.3 Å². The number of carbonyl (C=O) groups is 2. The van der Waals surface area contributed by atoms with Crippen molar-refractivity contribution in [2.24, 2.45) is 0 Å². The average molecular weight is 606 g/mol. The second-order valence-electron chi connectivity index (χ2n) is 10.5. The van der Waals surface area contributed by atoms with Crippen molar-refractivity contribution in [1.29, 1.82) is 0 Å². The van der Waals surface area contributed by atoms with E-state index in [4.69, 9.17) is 0 Å². The molecular formula is C29H25F6N5O3. The molecule has 2 aliphatic heterocycles. The van der Waals surface area contributed by atoms with Gasteiger partial charge in [0.1, 0.15) is 23.4 Å². The molecule has 2 aromatic carbocycles. The van der Waals surface area contributed by atoms with Crippen LogP contribution >= 0.6 is 0 Å². The Morgan fingerprint density at radius 2 is 1.77 bits per heavy atom. The minimum Gasteiger partial charge on any atom is -0.509 e. The minimum absolute atomic E-state index is 0.0812. The molecule has 226 valence electrons. The van der Waals surface area contributed by atoms with Crippen LogP contribution < -0.4 is 5.32 Å². The predicted octanol–water partition coefficient (Wildman–Crippen LogP) is 6.05. The quantitative estimate of drug-likeness (QED) is 0.272. The number of hydrogen-bond donors (Lipinski definition) is 2. The largest absolute Gasteiger partial charge is 0.509 e. The number of anilines is 1. The third kappa shape index (κ3) is 5.54. The minimum atomic E-state index is -4.92. The first-order valence-corrected chi connectivity index (χ1v) is 13.1. The normalized spacial score (nSPS) is 19.5. The fraction of sp³-hybridized carbons (Fsp3) is 0.310. The second kappa shape index (κ2) is 10.7. The van der Waals surface area contributed by atoms with Gasteiger partial charge in [0.15, 0.2) is 0 Å². The highest BCUT2D eigenvalue weighted by Crippen LogP contribution is 2.43. The highest BCUT2D eigenvalue weighted by Gasteiger charge is 2.52. The summed E-state index contributed by atoms with van der Waals surface area (Å²) < 4.78 is 80.7. The molecular weight excluding hydrogens is 580 g/mol. The topological polar surface area (TPSA) is 98.7 Å². The van der Waals surface area contributed by atoms with E-state index in [1.54, 1.807) is 18.0 Å². The zero-order chi connectivity index (χ0) is 31.3. The molecule has 0 spiro atoms. The van der Waals surface area contributed by atoms with E-state index in [1.807, 2.05) is 25.1 Å². The van der Waals surface area contributed by atoms with Crippen LogP contribution in [0.1, 0.15) is 42.1 Å². The molecule has 1 aromatic heterocycles. The van der Waals surface area contributed by atoms with Gasteiger partial charge in [-0.25, -0.2) is 15.0 Å². The molecule has 0 bridgehead atoms. The third-order valence-corrected chi connectivity index (χ3v) is 7.73. The molecule has 0 aliphatic carbocycles. The molecule has 1 fully saturated rings. The first-order chi connectivity index (χ1) is 20.1. The molecule has 43 heavy (non-hydrogen) atoms. The van der Waals surface area contributed by atoms with E-state index in [9.17, 15) is 41.0 Å². The van der Waals surface area contributed by atoms with Crippen LogP contribution in [0.4, 0.5) is 32.0 Å². The standard InChI is InChI=1S/C29H25F6N5O3/c1-16-6-3-4-7-17(16)14-39-26(43)23(24(41)27(2)10-5-11-40(27)39)25(42)38-20-9-8-18(28(30,31)32)12-19(20)21-13-22(29(33,34)35)37-15-36-21/h3-4,6-9,12-13,15,41H,5,10-11,14H2,1-2H3,(H,38,42)/t27-/m1/s1. The molecule has 14 heteroatoms. The van der Waals surface area contributed by atoms with Crippen LogP contribution in [0.2, 0.25) is 0 Å². The first kappa shape index (κ1) is 30.0. The number of aryl methyl sites for hydroxylation is 1. The number of hydrogen-bond acceptors (Lipinski definition) is 6. The monoisotopic (exact) mass is 605 g/mol. The molecule has 5 rings (SSSR count). The van der Waals surface area contributed by atoms with Crippen LogP contribution in [0.15, 0.2) is 66.2 Å². The molecule has 2 N–H and O–H groups in total. The lowest BCUT2D eigenvalue weighted by molar-refractivity contribution is -0.160. The number of amides is 2. The van der Waals surface area contributed by atoms with E-state index >= 15 is 0 Å². The van der Waals surface area contributed by atoms with Crippen molar-refractivity contribution in [3.63, 3.8) is 0 Å². The number of rotatable bonds is 5. The molecule has 0 saturated carbocycles. The number of aliphatic hydroxyl groups is 1. The Morgan fingerprint density at radius 3 is 2.44 bits per heavy atom. The molecule has 2 amide bonds. The number of aliphatic hydroxyl groups excluding tert-OH is 1. The lowest BCUT2D eigenvalue weighted by atomic mass is 9.90. The highest BCUT2D eigenvalue weighted by atomic mass is 19.4. The number of carbonyl (C=O) groups excluding carboxylic acids is 2. The van der Waals surface area contributed by atoms with Crippen LogP contribution in [-0.4, -0.2) is 49.0 Å². The summed E-state index contributed by atoms with van der Waals surface area (Å²) in [6, 6.07) is 9.78. The number of alkyl halides is 6. The Morgan fingerprint density at radius 1 is 1.05 bits per heavy atom. The smallest absolute Gasteiger partial charge is 0.433 e. The molecule has 3 heterocycles. The van der Waals surface area contributed by atoms with Crippen LogP contribution in [-0.2, 0) is 28.5 Å². The van der Waals surface area contributed by atoms with Crippen molar-refractivity contribution in [3.8, 4) is 11.3 Å². The number of nitrogens with zero attached hydrogens (tertiary/aromatic N) is 4. The highest BCUT2D eigenvalue weighted by molar-refractivity contribution is 6.24. The maximum Gasteiger partial charge on any atom is 0.433 e. The molecule has 1 atom stereocenters. The van der Waals surface area contributed by atoms with Crippen LogP contribution in [0.25, 0.3) is 11.3 Å². The van der Waals surface area contributed by atoms with Gasteiger partial charge in [0, 0.05) is 12.1 Å². The number of aromatic nitrogens is 2. The van der Waals surface area contributed by atoms with E-state index in [1.165, 1.54) is 5.01 Å². The third-order valence-electron chi connectivity index (χ3n) is 7.73. The number of benzene rings is 2. The molecule has 8 nitrogen and oxygen atoms in total. The zero-order valence-corrected chi connectivity index (χ0v) is 22.8. The second-order valence-corrected chi connectivity index (χ2v) is 10.5. The van der Waals surface area contributed by atoms with E-state index in [2.05, 4.69) is 15.3 Å². The summed E-state index contributed by atoms with van der Waals surface area (Å²) in [6.07, 6.45) is -8.24. The van der Waals surface area contributed by atoms with Gasteiger partial charge in [0.25, 0.3) is 11.8 Å². The summed E-state index contributed by atoms with van der Waals surface area (Å²) in [4.78, 5) is 34.3. The van der Waals surface area contributed by atoms with E-state index in [0.29, 0.717) is 43.9 Å². The van der Waals surface area contributed by atoms with Crippen molar-refractivity contribution >= 4 is 17.5 Å². The molecule has 0 unspecified atom stereocenters. The number of nitrogens with one attached hydrogen (secondary N) is 1. The van der Waals surface area contributed by atoms with Crippen molar-refractivity contribution < 1.29 is 41.0 Å².